The molecule has 11 heteroatoms. The minimum atomic E-state index is -0.851. The zero-order valence-corrected chi connectivity index (χ0v) is 23.8. The van der Waals surface area contributed by atoms with Crippen molar-refractivity contribution in [1.82, 2.24) is 4.57 Å². The van der Waals surface area contributed by atoms with Crippen molar-refractivity contribution >= 4 is 45.3 Å². The zero-order chi connectivity index (χ0) is 27.6. The van der Waals surface area contributed by atoms with Crippen molar-refractivity contribution in [1.29, 1.82) is 0 Å². The molecule has 0 aliphatic carbocycles. The number of rotatable bonds is 7. The van der Waals surface area contributed by atoms with Crippen LogP contribution in [0.15, 0.2) is 61.9 Å². The van der Waals surface area contributed by atoms with E-state index in [4.69, 9.17) is 18.9 Å². The van der Waals surface area contributed by atoms with E-state index < -0.39 is 18.0 Å². The predicted octanol–water partition coefficient (Wildman–Crippen LogP) is 3.50. The van der Waals surface area contributed by atoms with E-state index in [-0.39, 0.29) is 17.7 Å². The second-order valence-corrected chi connectivity index (χ2v) is 10.1. The molecule has 2 aromatic carbocycles. The molecule has 1 aliphatic rings. The molecule has 0 saturated heterocycles. The third kappa shape index (κ3) is 5.30. The number of allylic oxidation sites excluding steroid dienone is 1. The van der Waals surface area contributed by atoms with E-state index in [1.54, 1.807) is 56.3 Å². The molecule has 2 heterocycles. The van der Waals surface area contributed by atoms with Crippen molar-refractivity contribution in [2.75, 3.05) is 20.8 Å². The van der Waals surface area contributed by atoms with E-state index in [1.165, 1.54) is 37.0 Å². The second kappa shape index (κ2) is 11.4. The summed E-state index contributed by atoms with van der Waals surface area (Å²) >= 11 is 4.60. The molecule has 1 atom stereocenters. The molecule has 3 aromatic rings. The first-order valence-corrected chi connectivity index (χ1v) is 13.2. The molecular formula is C27H25BrN2O7S. The third-order valence-corrected chi connectivity index (χ3v) is 7.36. The van der Waals surface area contributed by atoms with E-state index >= 15 is 0 Å². The van der Waals surface area contributed by atoms with E-state index in [0.29, 0.717) is 47.9 Å². The van der Waals surface area contributed by atoms with Crippen LogP contribution in [0.5, 0.6) is 17.2 Å². The Balaban J connectivity index is 1.95. The molecule has 4 rings (SSSR count). The Labute approximate surface area is 230 Å². The van der Waals surface area contributed by atoms with E-state index in [1.807, 2.05) is 0 Å². The molecular weight excluding hydrogens is 576 g/mol. The molecule has 0 amide bonds. The highest BCUT2D eigenvalue weighted by Crippen LogP contribution is 2.37. The highest BCUT2D eigenvalue weighted by molar-refractivity contribution is 9.10. The van der Waals surface area contributed by atoms with Gasteiger partial charge in [-0.2, -0.15) is 0 Å². The SMILES string of the molecule is CCOC(=O)C1=C(C)N=c2s/c(=C\c3ccc(OC(C)=O)c(Br)c3)c(=O)n2[C@H]1c1cc(OC)ccc1OC. The molecule has 0 spiro atoms. The molecule has 0 bridgehead atoms. The first kappa shape index (κ1) is 27.3. The number of ether oxygens (including phenoxy) is 4. The largest absolute Gasteiger partial charge is 0.497 e. The van der Waals surface area contributed by atoms with Gasteiger partial charge in [0.15, 0.2) is 4.80 Å². The van der Waals surface area contributed by atoms with Gasteiger partial charge in [0.25, 0.3) is 5.56 Å². The van der Waals surface area contributed by atoms with Gasteiger partial charge < -0.3 is 18.9 Å². The summed E-state index contributed by atoms with van der Waals surface area (Å²) in [5, 5.41) is 0. The number of hydrogen-bond acceptors (Lipinski definition) is 9. The molecule has 0 saturated carbocycles. The summed E-state index contributed by atoms with van der Waals surface area (Å²) in [6.45, 7) is 4.92. The lowest BCUT2D eigenvalue weighted by Gasteiger charge is -2.26. The van der Waals surface area contributed by atoms with Crippen LogP contribution in [0.3, 0.4) is 0 Å². The average molecular weight is 601 g/mol. The Morgan fingerprint density at radius 2 is 1.87 bits per heavy atom. The Bertz CT molecular complexity index is 1640. The second-order valence-electron chi connectivity index (χ2n) is 8.19. The fraction of sp³-hybridized carbons (Fsp3) is 0.259. The summed E-state index contributed by atoms with van der Waals surface area (Å²) in [4.78, 5) is 43.3. The molecule has 198 valence electrons. The molecule has 0 fully saturated rings. The number of benzene rings is 2. The highest BCUT2D eigenvalue weighted by atomic mass is 79.9. The lowest BCUT2D eigenvalue weighted by Crippen LogP contribution is -2.40. The van der Waals surface area contributed by atoms with E-state index in [9.17, 15) is 14.4 Å². The summed E-state index contributed by atoms with van der Waals surface area (Å²) in [6.07, 6.45) is 1.72. The number of aromatic nitrogens is 1. The summed E-state index contributed by atoms with van der Waals surface area (Å²) in [5.41, 5.74) is 1.61. The van der Waals surface area contributed by atoms with Gasteiger partial charge in [-0.1, -0.05) is 17.4 Å². The monoisotopic (exact) mass is 600 g/mol. The number of methoxy groups -OCH3 is 2. The Kier molecular flexibility index (Phi) is 8.17. The maximum atomic E-state index is 13.8. The van der Waals surface area contributed by atoms with Crippen molar-refractivity contribution in [3.63, 3.8) is 0 Å². The van der Waals surface area contributed by atoms with Crippen LogP contribution in [-0.2, 0) is 14.3 Å². The maximum Gasteiger partial charge on any atom is 0.338 e. The Morgan fingerprint density at radius 1 is 1.13 bits per heavy atom. The minimum absolute atomic E-state index is 0.167. The molecule has 1 aliphatic heterocycles. The molecule has 9 nitrogen and oxygen atoms in total. The van der Waals surface area contributed by atoms with Gasteiger partial charge in [-0.3, -0.25) is 14.2 Å². The number of thiazole rings is 1. The van der Waals surface area contributed by atoms with Gasteiger partial charge in [-0.25, -0.2) is 9.79 Å². The first-order valence-electron chi connectivity index (χ1n) is 11.6. The zero-order valence-electron chi connectivity index (χ0n) is 21.4. The molecule has 1 aromatic heterocycles. The lowest BCUT2D eigenvalue weighted by atomic mass is 9.94. The van der Waals surface area contributed by atoms with Crippen LogP contribution < -0.4 is 29.1 Å². The Morgan fingerprint density at radius 3 is 2.50 bits per heavy atom. The fourth-order valence-corrected chi connectivity index (χ4v) is 5.66. The summed E-state index contributed by atoms with van der Waals surface area (Å²) < 4.78 is 24.0. The number of esters is 2. The van der Waals surface area contributed by atoms with Crippen LogP contribution >= 0.6 is 27.3 Å². The summed E-state index contributed by atoms with van der Waals surface area (Å²) in [7, 11) is 3.06. The van der Waals surface area contributed by atoms with Crippen LogP contribution in [0.4, 0.5) is 0 Å². The number of carbonyl (C=O) groups excluding carboxylic acids is 2. The number of hydrogen-bond donors (Lipinski definition) is 0. The van der Waals surface area contributed by atoms with Crippen LogP contribution in [0.25, 0.3) is 6.08 Å². The van der Waals surface area contributed by atoms with Gasteiger partial charge in [0.1, 0.15) is 23.3 Å². The van der Waals surface area contributed by atoms with Gasteiger partial charge in [-0.05, 0) is 71.7 Å². The molecule has 0 unspecified atom stereocenters. The number of fused-ring (bicyclic) bond motifs is 1. The minimum Gasteiger partial charge on any atom is -0.497 e. The normalized spacial score (nSPS) is 15.0. The van der Waals surface area contributed by atoms with Gasteiger partial charge in [-0.15, -0.1) is 0 Å². The highest BCUT2D eigenvalue weighted by Gasteiger charge is 2.35. The van der Waals surface area contributed by atoms with Crippen LogP contribution in [-0.4, -0.2) is 37.3 Å². The van der Waals surface area contributed by atoms with Gasteiger partial charge in [0.2, 0.25) is 0 Å². The number of carbonyl (C=O) groups is 2. The fourth-order valence-electron chi connectivity index (χ4n) is 4.13. The van der Waals surface area contributed by atoms with Crippen molar-refractivity contribution in [2.45, 2.75) is 26.8 Å². The smallest absolute Gasteiger partial charge is 0.338 e. The average Bonchev–Trinajstić information content (AvgIpc) is 3.18. The number of halogens is 1. The summed E-state index contributed by atoms with van der Waals surface area (Å²) in [6, 6.07) is 9.47. The van der Waals surface area contributed by atoms with Crippen molar-refractivity contribution in [2.24, 2.45) is 4.99 Å². The maximum absolute atomic E-state index is 13.8. The predicted molar refractivity (Wildman–Crippen MR) is 145 cm³/mol. The third-order valence-electron chi connectivity index (χ3n) is 5.76. The molecule has 0 N–H and O–H groups in total. The van der Waals surface area contributed by atoms with Crippen molar-refractivity contribution < 1.29 is 28.5 Å². The number of nitrogens with zero attached hydrogens (tertiary/aromatic N) is 2. The van der Waals surface area contributed by atoms with Crippen molar-refractivity contribution in [3.8, 4) is 17.2 Å². The first-order chi connectivity index (χ1) is 18.2. The van der Waals surface area contributed by atoms with Crippen LogP contribution in [0.2, 0.25) is 0 Å². The van der Waals surface area contributed by atoms with Gasteiger partial charge >= 0.3 is 11.9 Å². The van der Waals surface area contributed by atoms with E-state index in [2.05, 4.69) is 20.9 Å². The van der Waals surface area contributed by atoms with Crippen molar-refractivity contribution in [3.05, 3.63) is 83.0 Å². The van der Waals surface area contributed by atoms with Gasteiger partial charge in [0.05, 0.1) is 41.1 Å². The molecule has 0 radical (unpaired) electrons. The van der Waals surface area contributed by atoms with E-state index in [0.717, 1.165) is 0 Å². The molecule has 38 heavy (non-hydrogen) atoms. The lowest BCUT2D eigenvalue weighted by molar-refractivity contribution is -0.139. The Hall–Kier alpha value is -3.70. The quantitative estimate of drug-likeness (QED) is 0.302. The van der Waals surface area contributed by atoms with Crippen LogP contribution in [0, 0.1) is 0 Å². The van der Waals surface area contributed by atoms with Crippen LogP contribution in [0.1, 0.15) is 37.9 Å². The van der Waals surface area contributed by atoms with Gasteiger partial charge in [0, 0.05) is 12.5 Å². The topological polar surface area (TPSA) is 105 Å². The standard InChI is InChI=1S/C27H25BrN2O7S/c1-6-36-26(33)23-14(2)29-27-30(24(23)18-13-17(34-4)8-10-20(18)35-5)25(32)22(38-27)12-16-7-9-21(19(28)11-16)37-15(3)31/h7-13,24H,6H2,1-5H3/b22-12-/t24-/m0/s1. The summed E-state index contributed by atoms with van der Waals surface area (Å²) in [5.74, 6) is 0.386.